The number of carbonyl (C=O) groups is 2. The van der Waals surface area contributed by atoms with Gasteiger partial charge in [-0.1, -0.05) is 13.8 Å². The Kier molecular flexibility index (Phi) is 8.30. The zero-order valence-corrected chi connectivity index (χ0v) is 17.3. The minimum Gasteiger partial charge on any atom is -0.493 e. The molecule has 2 aromatic carbocycles. The van der Waals surface area contributed by atoms with Crippen molar-refractivity contribution in [3.8, 4) is 11.5 Å². The molecule has 0 radical (unpaired) electrons. The minimum atomic E-state index is -1.03. The molecule has 166 valence electrons. The molecular weight excluding hydrogens is 411 g/mol. The number of carbonyl (C=O) groups excluding carboxylic acids is 2. The van der Waals surface area contributed by atoms with E-state index in [9.17, 15) is 24.1 Å². The van der Waals surface area contributed by atoms with Gasteiger partial charge in [-0.05, 0) is 42.7 Å². The van der Waals surface area contributed by atoms with Crippen molar-refractivity contribution < 1.29 is 33.1 Å². The first-order valence-electron chi connectivity index (χ1n) is 9.43. The molecule has 0 atom stereocenters. The zero-order valence-electron chi connectivity index (χ0n) is 17.3. The van der Waals surface area contributed by atoms with E-state index in [1.807, 2.05) is 0 Å². The minimum absolute atomic E-state index is 0.00119. The molecule has 0 heterocycles. The van der Waals surface area contributed by atoms with Crippen molar-refractivity contribution >= 4 is 23.3 Å². The van der Waals surface area contributed by atoms with Crippen molar-refractivity contribution in [2.45, 2.75) is 20.3 Å². The number of nitrogens with zero attached hydrogens (tertiary/aromatic N) is 1. The van der Waals surface area contributed by atoms with Gasteiger partial charge >= 0.3 is 11.7 Å². The summed E-state index contributed by atoms with van der Waals surface area (Å²) in [6.45, 7) is 4.01. The van der Waals surface area contributed by atoms with Crippen LogP contribution in [-0.2, 0) is 9.53 Å². The van der Waals surface area contributed by atoms with Gasteiger partial charge in [0.25, 0.3) is 5.91 Å². The van der Waals surface area contributed by atoms with E-state index >= 15 is 0 Å². The molecule has 0 aliphatic rings. The summed E-state index contributed by atoms with van der Waals surface area (Å²) in [6, 6.07) is 7.39. The standard InChI is InChI=1S/C21H23FN2O7/c1-13(2)8-9-30-18-7-4-14(10-19(18)29-3)21(26)31-12-20(25)23-15-5-6-16(22)17(11-15)24(27)28/h4-7,10-11,13H,8-9,12H2,1-3H3,(H,23,25). The first-order chi connectivity index (χ1) is 14.7. The van der Waals surface area contributed by atoms with Crippen LogP contribution in [0.1, 0.15) is 30.6 Å². The predicted molar refractivity (Wildman–Crippen MR) is 110 cm³/mol. The number of nitro groups is 1. The highest BCUT2D eigenvalue weighted by Crippen LogP contribution is 2.29. The topological polar surface area (TPSA) is 117 Å². The third kappa shape index (κ3) is 6.95. The number of nitrogens with one attached hydrogen (secondary N) is 1. The fourth-order valence-electron chi connectivity index (χ4n) is 2.46. The Bertz CT molecular complexity index is 963. The van der Waals surface area contributed by atoms with E-state index in [1.54, 1.807) is 6.07 Å². The number of amides is 1. The highest BCUT2D eigenvalue weighted by atomic mass is 19.1. The lowest BCUT2D eigenvalue weighted by atomic mass is 10.1. The smallest absolute Gasteiger partial charge is 0.338 e. The molecule has 0 bridgehead atoms. The Morgan fingerprint density at radius 2 is 1.90 bits per heavy atom. The number of ether oxygens (including phenoxy) is 3. The van der Waals surface area contributed by atoms with Crippen LogP contribution in [-0.4, -0.2) is 37.1 Å². The Balaban J connectivity index is 1.95. The van der Waals surface area contributed by atoms with E-state index in [0.717, 1.165) is 24.6 Å². The van der Waals surface area contributed by atoms with Gasteiger partial charge in [-0.15, -0.1) is 0 Å². The van der Waals surface area contributed by atoms with E-state index in [4.69, 9.17) is 14.2 Å². The average molecular weight is 434 g/mol. The average Bonchev–Trinajstić information content (AvgIpc) is 2.73. The molecule has 0 saturated heterocycles. The third-order valence-corrected chi connectivity index (χ3v) is 4.11. The number of rotatable bonds is 10. The van der Waals surface area contributed by atoms with Crippen molar-refractivity contribution in [3.63, 3.8) is 0 Å². The molecule has 31 heavy (non-hydrogen) atoms. The van der Waals surface area contributed by atoms with Crippen LogP contribution in [0.25, 0.3) is 0 Å². The van der Waals surface area contributed by atoms with Crippen molar-refractivity contribution in [1.82, 2.24) is 0 Å². The summed E-state index contributed by atoms with van der Waals surface area (Å²) < 4.78 is 29.2. The number of methoxy groups -OCH3 is 1. The number of anilines is 1. The summed E-state index contributed by atoms with van der Waals surface area (Å²) in [5, 5.41) is 13.1. The van der Waals surface area contributed by atoms with Gasteiger partial charge in [0.2, 0.25) is 5.82 Å². The summed E-state index contributed by atoms with van der Waals surface area (Å²) in [7, 11) is 1.44. The molecule has 0 aromatic heterocycles. The van der Waals surface area contributed by atoms with Gasteiger partial charge in [-0.2, -0.15) is 4.39 Å². The summed E-state index contributed by atoms with van der Waals surface area (Å²) in [6.07, 6.45) is 0.860. The van der Waals surface area contributed by atoms with Gasteiger partial charge in [-0.25, -0.2) is 4.79 Å². The fraction of sp³-hybridized carbons (Fsp3) is 0.333. The number of esters is 1. The van der Waals surface area contributed by atoms with Gasteiger partial charge in [-0.3, -0.25) is 14.9 Å². The Morgan fingerprint density at radius 3 is 2.55 bits per heavy atom. The van der Waals surface area contributed by atoms with E-state index in [2.05, 4.69) is 19.2 Å². The normalized spacial score (nSPS) is 10.5. The second kappa shape index (κ2) is 10.9. The highest BCUT2D eigenvalue weighted by Gasteiger charge is 2.17. The molecule has 0 spiro atoms. The molecule has 9 nitrogen and oxygen atoms in total. The maximum atomic E-state index is 13.4. The Hall–Kier alpha value is -3.69. The van der Waals surface area contributed by atoms with Gasteiger partial charge in [0.05, 0.1) is 24.2 Å². The van der Waals surface area contributed by atoms with Crippen LogP contribution in [0.4, 0.5) is 15.8 Å². The van der Waals surface area contributed by atoms with Crippen molar-refractivity contribution in [2.24, 2.45) is 5.92 Å². The number of benzene rings is 2. The molecule has 0 unspecified atom stereocenters. The van der Waals surface area contributed by atoms with E-state index in [0.29, 0.717) is 24.0 Å². The van der Waals surface area contributed by atoms with Gasteiger partial charge in [0.1, 0.15) is 0 Å². The van der Waals surface area contributed by atoms with E-state index in [-0.39, 0.29) is 11.3 Å². The summed E-state index contributed by atoms with van der Waals surface area (Å²) in [5.74, 6) is -1.23. The predicted octanol–water partition coefficient (Wildman–Crippen LogP) is 3.96. The summed E-state index contributed by atoms with van der Waals surface area (Å²) in [4.78, 5) is 34.1. The summed E-state index contributed by atoms with van der Waals surface area (Å²) in [5.41, 5.74) is -0.630. The van der Waals surface area contributed by atoms with Crippen LogP contribution in [0.5, 0.6) is 11.5 Å². The molecular formula is C21H23FN2O7. The summed E-state index contributed by atoms with van der Waals surface area (Å²) >= 11 is 0. The maximum absolute atomic E-state index is 13.4. The number of hydrogen-bond donors (Lipinski definition) is 1. The Morgan fingerprint density at radius 1 is 1.16 bits per heavy atom. The lowest BCUT2D eigenvalue weighted by Crippen LogP contribution is -2.21. The third-order valence-electron chi connectivity index (χ3n) is 4.11. The molecule has 0 fully saturated rings. The van der Waals surface area contributed by atoms with Gasteiger partial charge in [0.15, 0.2) is 18.1 Å². The maximum Gasteiger partial charge on any atom is 0.338 e. The van der Waals surface area contributed by atoms with E-state index < -0.39 is 34.9 Å². The van der Waals surface area contributed by atoms with Crippen LogP contribution < -0.4 is 14.8 Å². The van der Waals surface area contributed by atoms with Crippen LogP contribution >= 0.6 is 0 Å². The second-order valence-electron chi connectivity index (χ2n) is 6.94. The number of hydrogen-bond acceptors (Lipinski definition) is 7. The van der Waals surface area contributed by atoms with Gasteiger partial charge < -0.3 is 19.5 Å². The monoisotopic (exact) mass is 434 g/mol. The second-order valence-corrected chi connectivity index (χ2v) is 6.94. The first kappa shape index (κ1) is 23.6. The van der Waals surface area contributed by atoms with Crippen LogP contribution in [0.15, 0.2) is 36.4 Å². The molecule has 0 aliphatic heterocycles. The molecule has 0 aliphatic carbocycles. The Labute approximate surface area is 178 Å². The van der Waals surface area contributed by atoms with Gasteiger partial charge in [0, 0.05) is 11.8 Å². The molecule has 0 saturated carbocycles. The quantitative estimate of drug-likeness (QED) is 0.342. The largest absolute Gasteiger partial charge is 0.493 e. The molecule has 2 aromatic rings. The first-order valence-corrected chi connectivity index (χ1v) is 9.43. The zero-order chi connectivity index (χ0) is 23.0. The molecule has 1 N–H and O–H groups in total. The molecule has 1 amide bonds. The van der Waals surface area contributed by atoms with Crippen LogP contribution in [0, 0.1) is 21.8 Å². The molecule has 2 rings (SSSR count). The van der Waals surface area contributed by atoms with Crippen molar-refractivity contribution in [3.05, 3.63) is 57.9 Å². The van der Waals surface area contributed by atoms with E-state index in [1.165, 1.54) is 19.2 Å². The van der Waals surface area contributed by atoms with Crippen molar-refractivity contribution in [1.29, 1.82) is 0 Å². The molecule has 10 heteroatoms. The number of nitro benzene ring substituents is 1. The van der Waals surface area contributed by atoms with Crippen LogP contribution in [0.3, 0.4) is 0 Å². The fourth-order valence-corrected chi connectivity index (χ4v) is 2.46. The lowest BCUT2D eigenvalue weighted by molar-refractivity contribution is -0.387. The highest BCUT2D eigenvalue weighted by molar-refractivity contribution is 5.96. The van der Waals surface area contributed by atoms with Crippen LogP contribution in [0.2, 0.25) is 0 Å². The SMILES string of the molecule is COc1cc(C(=O)OCC(=O)Nc2ccc(F)c([N+](=O)[O-])c2)ccc1OCCC(C)C. The lowest BCUT2D eigenvalue weighted by Gasteiger charge is -2.13. The number of halogens is 1. The van der Waals surface area contributed by atoms with Crippen molar-refractivity contribution in [2.75, 3.05) is 25.6 Å².